The summed E-state index contributed by atoms with van der Waals surface area (Å²) < 4.78 is 36.8. The molecule has 0 radical (unpaired) electrons. The number of hydrogen-bond acceptors (Lipinski definition) is 6. The number of aromatic nitrogens is 2. The van der Waals surface area contributed by atoms with Gasteiger partial charge in [0, 0.05) is 23.7 Å². The van der Waals surface area contributed by atoms with Crippen LogP contribution in [0, 0.1) is 19.8 Å². The predicted octanol–water partition coefficient (Wildman–Crippen LogP) is 7.41. The van der Waals surface area contributed by atoms with Gasteiger partial charge in [-0.05, 0) is 84.0 Å². The second kappa shape index (κ2) is 11.8. The third-order valence-corrected chi connectivity index (χ3v) is 10.3. The molecule has 1 aromatic heterocycles. The van der Waals surface area contributed by atoms with E-state index >= 15 is 0 Å². The molecule has 0 fully saturated rings. The van der Waals surface area contributed by atoms with E-state index in [2.05, 4.69) is 67.5 Å². The molecule has 3 aromatic carbocycles. The zero-order valence-corrected chi connectivity index (χ0v) is 28.4. The van der Waals surface area contributed by atoms with Crippen LogP contribution in [-0.2, 0) is 21.9 Å². The van der Waals surface area contributed by atoms with Crippen LogP contribution in [0.5, 0.6) is 5.88 Å². The molecular formula is C37H42N4O4S. The van der Waals surface area contributed by atoms with E-state index in [1.807, 2.05) is 36.9 Å². The van der Waals surface area contributed by atoms with Gasteiger partial charge in [0.2, 0.25) is 11.8 Å². The Labute approximate surface area is 272 Å². The quantitative estimate of drug-likeness (QED) is 0.251. The molecule has 9 heteroatoms. The second-order valence-corrected chi connectivity index (χ2v) is 15.6. The van der Waals surface area contributed by atoms with Gasteiger partial charge in [-0.15, -0.1) is 0 Å². The largest absolute Gasteiger partial charge is 0.467 e. The van der Waals surface area contributed by atoms with Gasteiger partial charge in [0.05, 0.1) is 16.6 Å². The molecule has 2 aliphatic rings. The van der Waals surface area contributed by atoms with Crippen LogP contribution in [0.1, 0.15) is 85.3 Å². The van der Waals surface area contributed by atoms with E-state index in [0.29, 0.717) is 30.6 Å². The molecule has 1 N–H and O–H groups in total. The average molecular weight is 639 g/mol. The molecule has 0 aliphatic carbocycles. The van der Waals surface area contributed by atoms with Gasteiger partial charge < -0.3 is 9.64 Å². The maximum absolute atomic E-state index is 14.4. The number of carbonyl (C=O) groups is 1. The van der Waals surface area contributed by atoms with E-state index in [9.17, 15) is 13.2 Å². The third-order valence-electron chi connectivity index (χ3n) is 8.97. The van der Waals surface area contributed by atoms with Crippen LogP contribution >= 0.6 is 0 Å². The summed E-state index contributed by atoms with van der Waals surface area (Å²) in [7, 11) is -4.13. The van der Waals surface area contributed by atoms with Crippen LogP contribution in [0.2, 0.25) is 0 Å². The standard InChI is InChI=1S/C37H42N4O4S/c1-22(2)18-31-34-29-15-14-27(37(5,6)7)19-25(29)16-17-41(31)35(42)26-12-9-13-28(20-26)46(43,44)40-36-38-30(21-32(39-36)45-34)33-23(3)10-8-11-24(33)4/h8-15,19-22,31,34H,16-18H2,1-7H3,(H,38,39,40)/t31-,34?/m1/s1. The van der Waals surface area contributed by atoms with Gasteiger partial charge >= 0.3 is 0 Å². The summed E-state index contributed by atoms with van der Waals surface area (Å²) in [5.74, 6) is 0.154. The first-order chi connectivity index (χ1) is 21.7. The number of nitrogens with zero attached hydrogens (tertiary/aromatic N) is 3. The number of nitrogens with one attached hydrogen (secondary N) is 1. The van der Waals surface area contributed by atoms with Crippen molar-refractivity contribution in [3.05, 3.63) is 100 Å². The van der Waals surface area contributed by atoms with Gasteiger partial charge in [0.15, 0.2) is 0 Å². The highest BCUT2D eigenvalue weighted by Crippen LogP contribution is 2.39. The molecule has 0 spiro atoms. The molecule has 6 rings (SSSR count). The molecule has 1 unspecified atom stereocenters. The first-order valence-corrected chi connectivity index (χ1v) is 17.4. The Morgan fingerprint density at radius 2 is 1.70 bits per heavy atom. The van der Waals surface area contributed by atoms with Crippen molar-refractivity contribution >= 4 is 21.9 Å². The summed E-state index contributed by atoms with van der Waals surface area (Å²) >= 11 is 0. The number of carbonyl (C=O) groups excluding carboxylic acids is 1. The van der Waals surface area contributed by atoms with Crippen molar-refractivity contribution in [1.29, 1.82) is 0 Å². The maximum atomic E-state index is 14.4. The van der Waals surface area contributed by atoms with E-state index in [0.717, 1.165) is 27.8 Å². The Hall–Kier alpha value is -4.24. The molecule has 240 valence electrons. The highest BCUT2D eigenvalue weighted by Gasteiger charge is 2.39. The Kier molecular flexibility index (Phi) is 8.17. The zero-order chi connectivity index (χ0) is 33.0. The highest BCUT2D eigenvalue weighted by atomic mass is 32.2. The number of anilines is 1. The van der Waals surface area contributed by atoms with Crippen LogP contribution in [0.3, 0.4) is 0 Å². The van der Waals surface area contributed by atoms with Crippen LogP contribution < -0.4 is 9.46 Å². The summed E-state index contributed by atoms with van der Waals surface area (Å²) in [6.45, 7) is 15.3. The lowest BCUT2D eigenvalue weighted by molar-refractivity contribution is 0.0390. The summed E-state index contributed by atoms with van der Waals surface area (Å²) in [6, 6.07) is 20.2. The molecule has 0 saturated heterocycles. The average Bonchev–Trinajstić information content (AvgIpc) is 3.12. The summed E-state index contributed by atoms with van der Waals surface area (Å²) in [6.07, 6.45) is 0.753. The smallest absolute Gasteiger partial charge is 0.264 e. The van der Waals surface area contributed by atoms with Crippen LogP contribution in [-0.4, -0.2) is 41.8 Å². The van der Waals surface area contributed by atoms with Crippen molar-refractivity contribution in [3.8, 4) is 17.1 Å². The minimum Gasteiger partial charge on any atom is -0.467 e. The topological polar surface area (TPSA) is 101 Å². The van der Waals surface area contributed by atoms with Gasteiger partial charge in [-0.1, -0.05) is 77.1 Å². The molecule has 4 aromatic rings. The number of fused-ring (bicyclic) bond motifs is 8. The fraction of sp³-hybridized carbons (Fsp3) is 0.378. The molecule has 8 nitrogen and oxygen atoms in total. The van der Waals surface area contributed by atoms with Crippen molar-refractivity contribution in [3.63, 3.8) is 0 Å². The predicted molar refractivity (Wildman–Crippen MR) is 181 cm³/mol. The van der Waals surface area contributed by atoms with Gasteiger partial charge in [-0.3, -0.25) is 4.79 Å². The minimum atomic E-state index is -4.13. The summed E-state index contributed by atoms with van der Waals surface area (Å²) in [5, 5.41) is 0. The van der Waals surface area contributed by atoms with Crippen molar-refractivity contribution in [1.82, 2.24) is 14.9 Å². The lowest BCUT2D eigenvalue weighted by Gasteiger charge is -2.36. The van der Waals surface area contributed by atoms with Gasteiger partial charge in [-0.2, -0.15) is 4.98 Å². The lowest BCUT2D eigenvalue weighted by atomic mass is 9.83. The van der Waals surface area contributed by atoms with Crippen molar-refractivity contribution in [2.75, 3.05) is 11.3 Å². The molecule has 0 saturated carbocycles. The Morgan fingerprint density at radius 1 is 0.978 bits per heavy atom. The molecule has 2 atom stereocenters. The molecule has 2 aliphatic heterocycles. The third kappa shape index (κ3) is 6.12. The molecule has 6 bridgehead atoms. The normalized spacial score (nSPS) is 19.1. The summed E-state index contributed by atoms with van der Waals surface area (Å²) in [5.41, 5.74) is 7.02. The molecular weight excluding hydrogens is 596 g/mol. The number of amides is 1. The number of sulfonamides is 1. The molecule has 46 heavy (non-hydrogen) atoms. The van der Waals surface area contributed by atoms with E-state index in [4.69, 9.17) is 4.74 Å². The molecule has 3 heterocycles. The Morgan fingerprint density at radius 3 is 2.39 bits per heavy atom. The maximum Gasteiger partial charge on any atom is 0.264 e. The number of rotatable bonds is 3. The molecule has 1 amide bonds. The monoisotopic (exact) mass is 638 g/mol. The lowest BCUT2D eigenvalue weighted by Crippen LogP contribution is -2.45. The number of benzene rings is 3. The van der Waals surface area contributed by atoms with Crippen LogP contribution in [0.25, 0.3) is 11.3 Å². The number of aryl methyl sites for hydroxylation is 2. The van der Waals surface area contributed by atoms with Gasteiger partial charge in [-0.25, -0.2) is 18.1 Å². The first kappa shape index (κ1) is 31.7. The Balaban J connectivity index is 1.63. The number of ether oxygens (including phenoxy) is 1. The SMILES string of the molecule is Cc1cccc(C)c1-c1cc2nc(n1)NS(=O)(=O)c1cccc(c1)C(=O)N1CCc3cc(C(C)(C)C)ccc3C(O2)[C@H]1CC(C)C. The fourth-order valence-corrected chi connectivity index (χ4v) is 7.61. The summed E-state index contributed by atoms with van der Waals surface area (Å²) in [4.78, 5) is 25.5. The zero-order valence-electron chi connectivity index (χ0n) is 27.6. The van der Waals surface area contributed by atoms with Crippen molar-refractivity contribution in [2.45, 2.75) is 83.8 Å². The van der Waals surface area contributed by atoms with Crippen LogP contribution in [0.15, 0.2) is 71.6 Å². The van der Waals surface area contributed by atoms with Gasteiger partial charge in [0.1, 0.15) is 6.10 Å². The van der Waals surface area contributed by atoms with Crippen molar-refractivity contribution < 1.29 is 17.9 Å². The van der Waals surface area contributed by atoms with Crippen molar-refractivity contribution in [2.24, 2.45) is 5.92 Å². The van der Waals surface area contributed by atoms with Gasteiger partial charge in [0.25, 0.3) is 15.9 Å². The van der Waals surface area contributed by atoms with E-state index < -0.39 is 16.1 Å². The number of hydrogen-bond donors (Lipinski definition) is 1. The fourth-order valence-electron chi connectivity index (χ4n) is 6.62. The van der Waals surface area contributed by atoms with E-state index in [1.54, 1.807) is 18.2 Å². The highest BCUT2D eigenvalue weighted by molar-refractivity contribution is 7.92. The second-order valence-electron chi connectivity index (χ2n) is 14.0. The Bertz CT molecular complexity index is 1910. The minimum absolute atomic E-state index is 0.0361. The van der Waals surface area contributed by atoms with E-state index in [-0.39, 0.29) is 40.0 Å². The first-order valence-electron chi connectivity index (χ1n) is 15.9. The van der Waals surface area contributed by atoms with Crippen LogP contribution in [0.4, 0.5) is 5.95 Å². The van der Waals surface area contributed by atoms with E-state index in [1.165, 1.54) is 17.7 Å².